The first kappa shape index (κ1) is 16.7. The maximum absolute atomic E-state index is 12.5. The molecule has 0 radical (unpaired) electrons. The Balaban J connectivity index is 2.17. The van der Waals surface area contributed by atoms with Crippen LogP contribution in [-0.4, -0.2) is 31.9 Å². The van der Waals surface area contributed by atoms with E-state index < -0.39 is 10.0 Å². The molecule has 0 spiro atoms. The summed E-state index contributed by atoms with van der Waals surface area (Å²) in [6.07, 6.45) is 3.19. The summed E-state index contributed by atoms with van der Waals surface area (Å²) in [5, 5.41) is 3.88. The molecule has 1 atom stereocenters. The fourth-order valence-corrected chi connectivity index (χ4v) is 3.81. The average molecular weight is 331 g/mol. The fourth-order valence-electron chi connectivity index (χ4n) is 2.03. The lowest BCUT2D eigenvalue weighted by Crippen LogP contribution is -2.34. The van der Waals surface area contributed by atoms with Crippen molar-refractivity contribution in [1.82, 2.24) is 9.62 Å². The number of hydrogen-bond acceptors (Lipinski definition) is 3. The highest BCUT2D eigenvalue weighted by Gasteiger charge is 2.25. The van der Waals surface area contributed by atoms with Crippen molar-refractivity contribution in [1.29, 1.82) is 0 Å². The Morgan fingerprint density at radius 2 is 2.10 bits per heavy atom. The van der Waals surface area contributed by atoms with Crippen LogP contribution in [-0.2, 0) is 16.6 Å². The van der Waals surface area contributed by atoms with E-state index in [0.29, 0.717) is 17.6 Å². The molecule has 0 aromatic heterocycles. The Bertz CT molecular complexity index is 600. The Morgan fingerprint density at radius 3 is 2.62 bits per heavy atom. The lowest BCUT2D eigenvalue weighted by atomic mass is 10.2. The molecule has 0 amide bonds. The molecule has 1 aliphatic carbocycles. The Labute approximate surface area is 132 Å². The molecule has 1 unspecified atom stereocenters. The number of benzene rings is 1. The topological polar surface area (TPSA) is 49.4 Å². The summed E-state index contributed by atoms with van der Waals surface area (Å²) in [4.78, 5) is 0.255. The predicted molar refractivity (Wildman–Crippen MR) is 86.0 cm³/mol. The van der Waals surface area contributed by atoms with Gasteiger partial charge in [0.1, 0.15) is 0 Å². The van der Waals surface area contributed by atoms with Crippen LogP contribution in [0.2, 0.25) is 5.02 Å². The summed E-state index contributed by atoms with van der Waals surface area (Å²) in [6, 6.07) is 5.56. The molecule has 1 N–H and O–H groups in total. The molecular weight excluding hydrogens is 308 g/mol. The molecule has 118 valence electrons. The third kappa shape index (κ3) is 3.97. The van der Waals surface area contributed by atoms with E-state index in [-0.39, 0.29) is 10.9 Å². The van der Waals surface area contributed by atoms with Crippen LogP contribution in [0.1, 0.15) is 38.7 Å². The Morgan fingerprint density at radius 1 is 1.43 bits per heavy atom. The first-order chi connectivity index (χ1) is 9.86. The second kappa shape index (κ2) is 6.65. The Hall–Kier alpha value is -0.620. The highest BCUT2D eigenvalue weighted by molar-refractivity contribution is 7.89. The largest absolute Gasteiger partial charge is 0.310 e. The van der Waals surface area contributed by atoms with Crippen LogP contribution < -0.4 is 5.32 Å². The molecule has 1 saturated carbocycles. The van der Waals surface area contributed by atoms with Gasteiger partial charge in [0.2, 0.25) is 10.0 Å². The molecular formula is C15H23ClN2O2S. The Kier molecular flexibility index (Phi) is 5.30. The molecule has 0 saturated heterocycles. The van der Waals surface area contributed by atoms with Gasteiger partial charge in [0.05, 0.1) is 4.90 Å². The summed E-state index contributed by atoms with van der Waals surface area (Å²) < 4.78 is 26.5. The summed E-state index contributed by atoms with van der Waals surface area (Å²) in [6.45, 7) is 4.55. The first-order valence-corrected chi connectivity index (χ1v) is 9.18. The fraction of sp³-hybridized carbons (Fsp3) is 0.600. The quantitative estimate of drug-likeness (QED) is 0.836. The smallest absolute Gasteiger partial charge is 0.243 e. The second-order valence-electron chi connectivity index (χ2n) is 5.69. The normalized spacial score (nSPS) is 17.2. The van der Waals surface area contributed by atoms with E-state index in [4.69, 9.17) is 11.6 Å². The standard InChI is InChI=1S/C15H23ClN2O2S/c1-4-11(2)18(3)21(19,20)14-8-5-12(15(16)9-14)10-17-13-6-7-13/h5,8-9,11,13,17H,4,6-7,10H2,1-3H3. The SMILES string of the molecule is CCC(C)N(C)S(=O)(=O)c1ccc(CNC2CC2)c(Cl)c1. The number of hydrogen-bond donors (Lipinski definition) is 1. The summed E-state index contributed by atoms with van der Waals surface area (Å²) in [5.74, 6) is 0. The van der Waals surface area contributed by atoms with Gasteiger partial charge < -0.3 is 5.32 Å². The van der Waals surface area contributed by atoms with Crippen molar-refractivity contribution in [3.63, 3.8) is 0 Å². The van der Waals surface area contributed by atoms with Crippen molar-refractivity contribution in [3.05, 3.63) is 28.8 Å². The van der Waals surface area contributed by atoms with Gasteiger partial charge in [0, 0.05) is 30.7 Å². The molecule has 4 nitrogen and oxygen atoms in total. The van der Waals surface area contributed by atoms with E-state index in [1.54, 1.807) is 25.2 Å². The van der Waals surface area contributed by atoms with E-state index in [9.17, 15) is 8.42 Å². The highest BCUT2D eigenvalue weighted by atomic mass is 35.5. The van der Waals surface area contributed by atoms with Crippen LogP contribution in [0.15, 0.2) is 23.1 Å². The monoisotopic (exact) mass is 330 g/mol. The van der Waals surface area contributed by atoms with Crippen LogP contribution >= 0.6 is 11.6 Å². The van der Waals surface area contributed by atoms with Crippen molar-refractivity contribution >= 4 is 21.6 Å². The third-order valence-electron chi connectivity index (χ3n) is 4.07. The van der Waals surface area contributed by atoms with Crippen molar-refractivity contribution in [2.45, 2.75) is 56.6 Å². The number of sulfonamides is 1. The van der Waals surface area contributed by atoms with Crippen LogP contribution in [0.4, 0.5) is 0 Å². The molecule has 0 aliphatic heterocycles. The van der Waals surface area contributed by atoms with Crippen LogP contribution in [0.5, 0.6) is 0 Å². The summed E-state index contributed by atoms with van der Waals surface area (Å²) in [5.41, 5.74) is 0.939. The van der Waals surface area contributed by atoms with Gasteiger partial charge in [0.15, 0.2) is 0 Å². The molecule has 1 aromatic carbocycles. The maximum atomic E-state index is 12.5. The zero-order valence-corrected chi connectivity index (χ0v) is 14.3. The maximum Gasteiger partial charge on any atom is 0.243 e. The predicted octanol–water partition coefficient (Wildman–Crippen LogP) is 3.01. The zero-order valence-electron chi connectivity index (χ0n) is 12.8. The summed E-state index contributed by atoms with van der Waals surface area (Å²) in [7, 11) is -1.87. The van der Waals surface area contributed by atoms with E-state index in [1.165, 1.54) is 17.1 Å². The lowest BCUT2D eigenvalue weighted by Gasteiger charge is -2.23. The minimum Gasteiger partial charge on any atom is -0.310 e. The van der Waals surface area contributed by atoms with E-state index >= 15 is 0 Å². The molecule has 1 fully saturated rings. The van der Waals surface area contributed by atoms with Gasteiger partial charge in [-0.2, -0.15) is 4.31 Å². The van der Waals surface area contributed by atoms with E-state index in [0.717, 1.165) is 12.0 Å². The van der Waals surface area contributed by atoms with Gasteiger partial charge in [-0.25, -0.2) is 8.42 Å². The molecule has 1 aliphatic rings. The van der Waals surface area contributed by atoms with Gasteiger partial charge in [-0.3, -0.25) is 0 Å². The van der Waals surface area contributed by atoms with Crippen molar-refractivity contribution in [2.24, 2.45) is 0 Å². The molecule has 6 heteroatoms. The van der Waals surface area contributed by atoms with Crippen molar-refractivity contribution in [2.75, 3.05) is 7.05 Å². The highest BCUT2D eigenvalue weighted by Crippen LogP contribution is 2.25. The second-order valence-corrected chi connectivity index (χ2v) is 8.09. The summed E-state index contributed by atoms with van der Waals surface area (Å²) >= 11 is 6.23. The number of nitrogens with zero attached hydrogens (tertiary/aromatic N) is 1. The first-order valence-electron chi connectivity index (χ1n) is 7.36. The minimum atomic E-state index is -3.48. The van der Waals surface area contributed by atoms with Crippen molar-refractivity contribution < 1.29 is 8.42 Å². The number of nitrogens with one attached hydrogen (secondary N) is 1. The molecule has 2 rings (SSSR count). The van der Waals surface area contributed by atoms with Crippen LogP contribution in [0, 0.1) is 0 Å². The van der Waals surface area contributed by atoms with Crippen molar-refractivity contribution in [3.8, 4) is 0 Å². The minimum absolute atomic E-state index is 0.0371. The average Bonchev–Trinajstić information content (AvgIpc) is 3.28. The number of rotatable bonds is 7. The van der Waals surface area contributed by atoms with Gasteiger partial charge in [-0.05, 0) is 43.9 Å². The molecule has 21 heavy (non-hydrogen) atoms. The van der Waals surface area contributed by atoms with Crippen LogP contribution in [0.3, 0.4) is 0 Å². The third-order valence-corrected chi connectivity index (χ3v) is 6.39. The van der Waals surface area contributed by atoms with E-state index in [1.807, 2.05) is 13.8 Å². The molecule has 0 heterocycles. The zero-order chi connectivity index (χ0) is 15.6. The lowest BCUT2D eigenvalue weighted by molar-refractivity contribution is 0.380. The number of halogens is 1. The van der Waals surface area contributed by atoms with Crippen LogP contribution in [0.25, 0.3) is 0 Å². The van der Waals surface area contributed by atoms with Gasteiger partial charge >= 0.3 is 0 Å². The van der Waals surface area contributed by atoms with Gasteiger partial charge in [-0.15, -0.1) is 0 Å². The van der Waals surface area contributed by atoms with E-state index in [2.05, 4.69) is 5.32 Å². The van der Waals surface area contributed by atoms with Gasteiger partial charge in [0.25, 0.3) is 0 Å². The van der Waals surface area contributed by atoms with Gasteiger partial charge in [-0.1, -0.05) is 24.6 Å². The molecule has 0 bridgehead atoms. The molecule has 1 aromatic rings.